The van der Waals surface area contributed by atoms with Crippen LogP contribution in [-0.2, 0) is 28.6 Å². The summed E-state index contributed by atoms with van der Waals surface area (Å²) in [5.74, 6) is -0.392. The average molecular weight is 334 g/mol. The van der Waals surface area contributed by atoms with E-state index in [-0.39, 0.29) is 23.8 Å². The van der Waals surface area contributed by atoms with Crippen LogP contribution in [0.2, 0.25) is 0 Å². The van der Waals surface area contributed by atoms with Crippen LogP contribution in [0.3, 0.4) is 0 Å². The zero-order chi connectivity index (χ0) is 18.7. The van der Waals surface area contributed by atoms with Crippen LogP contribution < -0.4 is 0 Å². The largest absolute Gasteiger partial charge is 0.469 e. The third-order valence-corrected chi connectivity index (χ3v) is 2.65. The number of carbonyl (C=O) groups is 3. The van der Waals surface area contributed by atoms with Crippen molar-refractivity contribution in [2.75, 3.05) is 21.3 Å². The highest BCUT2D eigenvalue weighted by Crippen LogP contribution is 2.02. The Bertz CT molecular complexity index is 293. The summed E-state index contributed by atoms with van der Waals surface area (Å²) in [5, 5.41) is 0. The maximum Gasteiger partial charge on any atom is 0.308 e. The Balaban J connectivity index is -0.000000272. The number of carbonyl (C=O) groups excluding carboxylic acids is 3. The fourth-order valence-corrected chi connectivity index (χ4v) is 1.18. The molecule has 0 aromatic rings. The SMILES string of the molecule is CCC(=O)OC.CCCCCCC(=O)OC.COC(=O)C(C)C. The van der Waals surface area contributed by atoms with Crippen molar-refractivity contribution in [3.05, 3.63) is 0 Å². The first-order chi connectivity index (χ1) is 10.8. The molecule has 0 bridgehead atoms. The minimum absolute atomic E-state index is 0.00463. The predicted molar refractivity (Wildman–Crippen MR) is 89.9 cm³/mol. The van der Waals surface area contributed by atoms with Gasteiger partial charge in [0.05, 0.1) is 27.2 Å². The summed E-state index contributed by atoms with van der Waals surface area (Å²) in [6.07, 6.45) is 5.59. The Kier molecular flexibility index (Phi) is 23.4. The molecule has 0 saturated carbocycles. The highest BCUT2D eigenvalue weighted by molar-refractivity contribution is 5.71. The molecule has 138 valence electrons. The minimum Gasteiger partial charge on any atom is -0.469 e. The monoisotopic (exact) mass is 334 g/mol. The smallest absolute Gasteiger partial charge is 0.308 e. The van der Waals surface area contributed by atoms with E-state index in [9.17, 15) is 14.4 Å². The van der Waals surface area contributed by atoms with Crippen molar-refractivity contribution in [2.45, 2.75) is 66.2 Å². The molecule has 0 N–H and O–H groups in total. The van der Waals surface area contributed by atoms with Crippen molar-refractivity contribution in [1.82, 2.24) is 0 Å². The lowest BCUT2D eigenvalue weighted by Crippen LogP contribution is -2.07. The standard InChI is InChI=1S/C8H16O2.C5H10O2.C4H8O2/c1-3-4-5-6-7-8(9)10-2;1-4(2)5(6)7-3;1-3-4(5)6-2/h3-7H2,1-2H3;4H,1-3H3;3H2,1-2H3. The quantitative estimate of drug-likeness (QED) is 0.403. The Morgan fingerprint density at radius 2 is 1.30 bits per heavy atom. The van der Waals surface area contributed by atoms with E-state index in [1.54, 1.807) is 20.8 Å². The number of hydrogen-bond acceptors (Lipinski definition) is 6. The number of methoxy groups -OCH3 is 3. The van der Waals surface area contributed by atoms with Crippen LogP contribution in [0.25, 0.3) is 0 Å². The second-order valence-electron chi connectivity index (χ2n) is 4.99. The molecule has 0 radical (unpaired) electrons. The van der Waals surface area contributed by atoms with Crippen molar-refractivity contribution in [1.29, 1.82) is 0 Å². The molecule has 0 saturated heterocycles. The van der Waals surface area contributed by atoms with Gasteiger partial charge in [-0.1, -0.05) is 47.0 Å². The summed E-state index contributed by atoms with van der Waals surface area (Å²) in [6.45, 7) is 7.50. The van der Waals surface area contributed by atoms with Crippen LogP contribution in [0.1, 0.15) is 66.2 Å². The van der Waals surface area contributed by atoms with E-state index < -0.39 is 0 Å². The van der Waals surface area contributed by atoms with Crippen LogP contribution in [0, 0.1) is 5.92 Å². The number of rotatable bonds is 7. The third-order valence-electron chi connectivity index (χ3n) is 2.65. The van der Waals surface area contributed by atoms with Crippen LogP contribution in [-0.4, -0.2) is 39.2 Å². The lowest BCUT2D eigenvalue weighted by molar-refractivity contribution is -0.144. The highest BCUT2D eigenvalue weighted by Gasteiger charge is 2.03. The van der Waals surface area contributed by atoms with Gasteiger partial charge in [0, 0.05) is 12.8 Å². The van der Waals surface area contributed by atoms with Gasteiger partial charge in [0.2, 0.25) is 0 Å². The molecule has 6 heteroatoms. The summed E-state index contributed by atoms with van der Waals surface area (Å²) < 4.78 is 13.1. The van der Waals surface area contributed by atoms with Gasteiger partial charge in [-0.2, -0.15) is 0 Å². The van der Waals surface area contributed by atoms with E-state index in [2.05, 4.69) is 21.1 Å². The molecule has 0 amide bonds. The Morgan fingerprint density at radius 1 is 0.783 bits per heavy atom. The molecule has 0 aromatic heterocycles. The lowest BCUT2D eigenvalue weighted by Gasteiger charge is -1.97. The van der Waals surface area contributed by atoms with E-state index in [4.69, 9.17) is 0 Å². The molecule has 0 rings (SSSR count). The van der Waals surface area contributed by atoms with Crippen molar-refractivity contribution < 1.29 is 28.6 Å². The van der Waals surface area contributed by atoms with Crippen molar-refractivity contribution in [3.63, 3.8) is 0 Å². The van der Waals surface area contributed by atoms with Gasteiger partial charge in [-0.05, 0) is 6.42 Å². The van der Waals surface area contributed by atoms with E-state index in [1.807, 2.05) is 0 Å². The summed E-state index contributed by atoms with van der Waals surface area (Å²) in [7, 11) is 4.20. The van der Waals surface area contributed by atoms with Gasteiger partial charge in [-0.15, -0.1) is 0 Å². The van der Waals surface area contributed by atoms with E-state index >= 15 is 0 Å². The topological polar surface area (TPSA) is 78.9 Å². The first-order valence-electron chi connectivity index (χ1n) is 8.01. The fourth-order valence-electron chi connectivity index (χ4n) is 1.18. The van der Waals surface area contributed by atoms with E-state index in [0.29, 0.717) is 12.8 Å². The molecule has 0 aromatic carbocycles. The molecule has 0 aliphatic heterocycles. The van der Waals surface area contributed by atoms with Crippen molar-refractivity contribution >= 4 is 17.9 Å². The molecule has 23 heavy (non-hydrogen) atoms. The first kappa shape index (κ1) is 26.3. The maximum atomic E-state index is 10.6. The summed E-state index contributed by atoms with van der Waals surface area (Å²) >= 11 is 0. The minimum atomic E-state index is -0.157. The Labute approximate surface area is 140 Å². The maximum absolute atomic E-state index is 10.6. The van der Waals surface area contributed by atoms with Gasteiger partial charge in [0.15, 0.2) is 0 Å². The van der Waals surface area contributed by atoms with Crippen molar-refractivity contribution in [2.24, 2.45) is 5.92 Å². The zero-order valence-electron chi connectivity index (χ0n) is 15.8. The van der Waals surface area contributed by atoms with Gasteiger partial charge in [0.1, 0.15) is 0 Å². The average Bonchev–Trinajstić information content (AvgIpc) is 2.57. The van der Waals surface area contributed by atoms with Gasteiger partial charge in [-0.3, -0.25) is 14.4 Å². The van der Waals surface area contributed by atoms with Crippen LogP contribution >= 0.6 is 0 Å². The van der Waals surface area contributed by atoms with Gasteiger partial charge >= 0.3 is 17.9 Å². The summed E-state index contributed by atoms with van der Waals surface area (Å²) in [6, 6.07) is 0. The van der Waals surface area contributed by atoms with E-state index in [1.165, 1.54) is 34.2 Å². The first-order valence-corrected chi connectivity index (χ1v) is 8.01. The molecule has 0 spiro atoms. The lowest BCUT2D eigenvalue weighted by atomic mass is 10.2. The Hall–Kier alpha value is -1.59. The number of ether oxygens (including phenoxy) is 3. The Morgan fingerprint density at radius 3 is 1.52 bits per heavy atom. The van der Waals surface area contributed by atoms with Gasteiger partial charge < -0.3 is 14.2 Å². The third kappa shape index (κ3) is 25.7. The summed E-state index contributed by atoms with van der Waals surface area (Å²) in [5.41, 5.74) is 0. The highest BCUT2D eigenvalue weighted by atomic mass is 16.5. The van der Waals surface area contributed by atoms with Crippen LogP contribution in [0.5, 0.6) is 0 Å². The molecule has 0 aliphatic carbocycles. The molecular weight excluding hydrogens is 300 g/mol. The van der Waals surface area contributed by atoms with Gasteiger partial charge in [0.25, 0.3) is 0 Å². The second kappa shape index (κ2) is 20.4. The van der Waals surface area contributed by atoms with Gasteiger partial charge in [-0.25, -0.2) is 0 Å². The fraction of sp³-hybridized carbons (Fsp3) is 0.824. The number of esters is 3. The second-order valence-corrected chi connectivity index (χ2v) is 4.99. The van der Waals surface area contributed by atoms with E-state index in [0.717, 1.165) is 12.8 Å². The van der Waals surface area contributed by atoms with Crippen molar-refractivity contribution in [3.8, 4) is 0 Å². The molecule has 0 atom stereocenters. The molecule has 0 heterocycles. The van der Waals surface area contributed by atoms with Crippen LogP contribution in [0.4, 0.5) is 0 Å². The van der Waals surface area contributed by atoms with Crippen LogP contribution in [0.15, 0.2) is 0 Å². The summed E-state index contributed by atoms with van der Waals surface area (Å²) in [4.78, 5) is 30.8. The predicted octanol–water partition coefficient (Wildman–Crippen LogP) is 3.51. The number of hydrogen-bond donors (Lipinski definition) is 0. The molecule has 0 fully saturated rings. The molecule has 6 nitrogen and oxygen atoms in total. The molecule has 0 aliphatic rings. The molecular formula is C17H34O6. The number of unbranched alkanes of at least 4 members (excludes halogenated alkanes) is 3. The normalized spacial score (nSPS) is 8.87. The zero-order valence-corrected chi connectivity index (χ0v) is 15.8. The molecule has 0 unspecified atom stereocenters.